The van der Waals surface area contributed by atoms with Gasteiger partial charge in [0.2, 0.25) is 0 Å². The van der Waals surface area contributed by atoms with E-state index in [2.05, 4.69) is 0 Å². The number of para-hydroxylation sites is 1. The van der Waals surface area contributed by atoms with Crippen molar-refractivity contribution < 1.29 is 25.2 Å². The second-order valence-corrected chi connectivity index (χ2v) is 5.73. The van der Waals surface area contributed by atoms with Crippen LogP contribution in [0.3, 0.4) is 0 Å². The quantitative estimate of drug-likeness (QED) is 0.516. The standard InChI is InChI=1S/C16H21NO5.3H2S/c18-9-10-8-12(15(20)16(21)14(10)19)17-7-6-13(17)22-11-4-2-1-3-5-11;;;/h1-5,8,12-16,18-21H,6-7,9H2;3*1H2/t12-,13?,14+,15-,16?;;;/m0.../s1. The van der Waals surface area contributed by atoms with Crippen LogP contribution in [-0.4, -0.2) is 69.1 Å². The molecule has 1 saturated heterocycles. The average Bonchev–Trinajstić information content (AvgIpc) is 2.53. The Morgan fingerprint density at radius 2 is 1.64 bits per heavy atom. The summed E-state index contributed by atoms with van der Waals surface area (Å²) in [4.78, 5) is 1.92. The highest BCUT2D eigenvalue weighted by Crippen LogP contribution is 2.31. The molecule has 1 aliphatic heterocycles. The topological polar surface area (TPSA) is 93.4 Å². The minimum atomic E-state index is -1.31. The van der Waals surface area contributed by atoms with Crippen molar-refractivity contribution in [3.63, 3.8) is 0 Å². The van der Waals surface area contributed by atoms with E-state index < -0.39 is 24.4 Å². The van der Waals surface area contributed by atoms with Gasteiger partial charge in [-0.05, 0) is 17.7 Å². The summed E-state index contributed by atoms with van der Waals surface area (Å²) in [5.41, 5.74) is 0.327. The van der Waals surface area contributed by atoms with Gasteiger partial charge in [0.25, 0.3) is 0 Å². The molecule has 1 heterocycles. The smallest absolute Gasteiger partial charge is 0.154 e. The predicted octanol–water partition coefficient (Wildman–Crippen LogP) is -0.181. The Bertz CT molecular complexity index is 548. The molecule has 0 amide bonds. The average molecular weight is 410 g/mol. The molecule has 144 valence electrons. The van der Waals surface area contributed by atoms with Gasteiger partial charge in [0.05, 0.1) is 12.6 Å². The fourth-order valence-electron chi connectivity index (χ4n) is 2.97. The molecule has 1 fully saturated rings. The van der Waals surface area contributed by atoms with Gasteiger partial charge in [0.15, 0.2) is 6.23 Å². The predicted molar refractivity (Wildman–Crippen MR) is 110 cm³/mol. The summed E-state index contributed by atoms with van der Waals surface area (Å²) in [5, 5.41) is 39.2. The third-order valence-corrected chi connectivity index (χ3v) is 4.37. The van der Waals surface area contributed by atoms with Crippen LogP contribution in [0.5, 0.6) is 5.75 Å². The number of hydrogen-bond donors (Lipinski definition) is 4. The van der Waals surface area contributed by atoms with E-state index in [9.17, 15) is 20.4 Å². The lowest BCUT2D eigenvalue weighted by Crippen LogP contribution is -2.63. The molecule has 2 unspecified atom stereocenters. The molecule has 3 rings (SSSR count). The lowest BCUT2D eigenvalue weighted by atomic mass is 9.86. The monoisotopic (exact) mass is 409 g/mol. The van der Waals surface area contributed by atoms with Crippen molar-refractivity contribution in [3.05, 3.63) is 42.0 Å². The number of aliphatic hydroxyl groups excluding tert-OH is 4. The van der Waals surface area contributed by atoms with Gasteiger partial charge < -0.3 is 25.2 Å². The number of nitrogens with zero attached hydrogens (tertiary/aromatic N) is 1. The summed E-state index contributed by atoms with van der Waals surface area (Å²) in [7, 11) is 0. The van der Waals surface area contributed by atoms with Gasteiger partial charge in [-0.1, -0.05) is 24.3 Å². The Morgan fingerprint density at radius 1 is 1.00 bits per heavy atom. The van der Waals surface area contributed by atoms with Crippen LogP contribution in [0.25, 0.3) is 0 Å². The first-order chi connectivity index (χ1) is 10.6. The van der Waals surface area contributed by atoms with Crippen LogP contribution in [0.15, 0.2) is 42.0 Å². The van der Waals surface area contributed by atoms with Gasteiger partial charge in [-0.15, -0.1) is 0 Å². The number of rotatable bonds is 4. The number of likely N-dealkylation sites (tertiary alicyclic amines) is 1. The van der Waals surface area contributed by atoms with E-state index >= 15 is 0 Å². The largest absolute Gasteiger partial charge is 0.475 e. The Labute approximate surface area is 168 Å². The molecule has 2 aliphatic rings. The van der Waals surface area contributed by atoms with Crippen LogP contribution >= 0.6 is 40.5 Å². The molecule has 5 atom stereocenters. The lowest BCUT2D eigenvalue weighted by Gasteiger charge is -2.48. The second kappa shape index (κ2) is 10.7. The van der Waals surface area contributed by atoms with E-state index in [1.165, 1.54) is 0 Å². The molecule has 0 saturated carbocycles. The van der Waals surface area contributed by atoms with Crippen molar-refractivity contribution >= 4 is 40.5 Å². The Kier molecular flexibility index (Phi) is 10.5. The SMILES string of the molecule is OCC1=C[C@H](N2CCC2Oc2ccccc2)[C@H](O)C(O)[C@@H]1O.S.S.S. The molecule has 0 bridgehead atoms. The van der Waals surface area contributed by atoms with Crippen molar-refractivity contribution in [1.29, 1.82) is 0 Å². The molecule has 0 spiro atoms. The number of benzene rings is 1. The third-order valence-electron chi connectivity index (χ3n) is 4.37. The Morgan fingerprint density at radius 3 is 2.16 bits per heavy atom. The van der Waals surface area contributed by atoms with Crippen LogP contribution in [0.4, 0.5) is 0 Å². The van der Waals surface area contributed by atoms with E-state index in [1.54, 1.807) is 6.08 Å². The maximum absolute atomic E-state index is 10.2. The van der Waals surface area contributed by atoms with Gasteiger partial charge in [-0.3, -0.25) is 4.90 Å². The zero-order chi connectivity index (χ0) is 15.7. The summed E-state index contributed by atoms with van der Waals surface area (Å²) in [6.07, 6.45) is -1.41. The molecule has 25 heavy (non-hydrogen) atoms. The first-order valence-electron chi connectivity index (χ1n) is 7.45. The maximum Gasteiger partial charge on any atom is 0.154 e. The molecule has 0 aromatic heterocycles. The van der Waals surface area contributed by atoms with Gasteiger partial charge in [-0.2, -0.15) is 40.5 Å². The molecule has 4 N–H and O–H groups in total. The second-order valence-electron chi connectivity index (χ2n) is 5.73. The van der Waals surface area contributed by atoms with Crippen molar-refractivity contribution in [2.45, 2.75) is 37.0 Å². The summed E-state index contributed by atoms with van der Waals surface area (Å²) in [6.45, 7) is 0.372. The summed E-state index contributed by atoms with van der Waals surface area (Å²) >= 11 is 0. The van der Waals surface area contributed by atoms with E-state index in [-0.39, 0.29) is 53.3 Å². The molecule has 0 radical (unpaired) electrons. The Hall–Kier alpha value is -0.390. The van der Waals surface area contributed by atoms with Crippen LogP contribution in [-0.2, 0) is 0 Å². The van der Waals surface area contributed by atoms with Crippen molar-refractivity contribution in [2.24, 2.45) is 0 Å². The van der Waals surface area contributed by atoms with E-state index in [0.29, 0.717) is 5.57 Å². The van der Waals surface area contributed by atoms with Crippen LogP contribution in [0, 0.1) is 0 Å². The van der Waals surface area contributed by atoms with Gasteiger partial charge in [-0.25, -0.2) is 0 Å². The first-order valence-corrected chi connectivity index (χ1v) is 7.45. The highest BCUT2D eigenvalue weighted by Gasteiger charge is 2.45. The lowest BCUT2D eigenvalue weighted by molar-refractivity contribution is -0.137. The molecule has 1 aliphatic carbocycles. The number of ether oxygens (including phenoxy) is 1. The van der Waals surface area contributed by atoms with E-state index in [0.717, 1.165) is 18.7 Å². The van der Waals surface area contributed by atoms with Crippen molar-refractivity contribution in [1.82, 2.24) is 4.90 Å². The molecule has 6 nitrogen and oxygen atoms in total. The fourth-order valence-corrected chi connectivity index (χ4v) is 2.97. The molecule has 9 heteroatoms. The highest BCUT2D eigenvalue weighted by molar-refractivity contribution is 7.59. The van der Waals surface area contributed by atoms with Crippen LogP contribution in [0.1, 0.15) is 6.42 Å². The van der Waals surface area contributed by atoms with Gasteiger partial charge in [0.1, 0.15) is 24.1 Å². The zero-order valence-corrected chi connectivity index (χ0v) is 16.6. The van der Waals surface area contributed by atoms with E-state index in [1.807, 2.05) is 35.2 Å². The van der Waals surface area contributed by atoms with Crippen molar-refractivity contribution in [3.8, 4) is 5.75 Å². The number of hydrogen-bond acceptors (Lipinski definition) is 6. The first kappa shape index (κ1) is 24.6. The zero-order valence-electron chi connectivity index (χ0n) is 13.6. The molecule has 1 aromatic rings. The summed E-state index contributed by atoms with van der Waals surface area (Å²) in [5.74, 6) is 0.745. The maximum atomic E-state index is 10.2. The van der Waals surface area contributed by atoms with E-state index in [4.69, 9.17) is 4.74 Å². The normalized spacial score (nSPS) is 31.4. The van der Waals surface area contributed by atoms with Crippen LogP contribution < -0.4 is 4.74 Å². The minimum absolute atomic E-state index is 0. The van der Waals surface area contributed by atoms with Gasteiger partial charge >= 0.3 is 0 Å². The minimum Gasteiger partial charge on any atom is -0.475 e. The highest BCUT2D eigenvalue weighted by atomic mass is 32.1. The Balaban J connectivity index is 0.00000192. The van der Waals surface area contributed by atoms with Crippen molar-refractivity contribution in [2.75, 3.05) is 13.2 Å². The molecular formula is C16H27NO5S3. The molecular weight excluding hydrogens is 382 g/mol. The third kappa shape index (κ3) is 5.08. The summed E-state index contributed by atoms with van der Waals surface area (Å²) in [6, 6.07) is 8.92. The number of aliphatic hydroxyl groups is 4. The van der Waals surface area contributed by atoms with Crippen LogP contribution in [0.2, 0.25) is 0 Å². The fraction of sp³-hybridized carbons (Fsp3) is 0.500. The van der Waals surface area contributed by atoms with Gasteiger partial charge in [0, 0.05) is 13.0 Å². The summed E-state index contributed by atoms with van der Waals surface area (Å²) < 4.78 is 5.87. The molecule has 1 aromatic carbocycles.